The molecule has 0 fully saturated rings. The molecule has 10 nitrogen and oxygen atoms in total. The van der Waals surface area contributed by atoms with E-state index in [9.17, 15) is 14.0 Å². The standard InChI is InChI=1S/C28H19ClF2N10/c1-41-6-5-33-28(41)16-4-2-3-15(7-16)25(23-14-36-40-39-23)37-18-8-20-24(38-19-10-22(30)27(31)35-13-19)17(11-32)12-34-26(20)21(29)9-18/h2-10,12-14,25,37H,1H3,(H,34,38)(H,36,39,40)/t25-/m0/s1. The lowest BCUT2D eigenvalue weighted by Gasteiger charge is -2.20. The van der Waals surface area contributed by atoms with Crippen molar-refractivity contribution in [1.29, 1.82) is 5.26 Å². The molecule has 2 aromatic carbocycles. The van der Waals surface area contributed by atoms with Gasteiger partial charge in [0.1, 0.15) is 17.6 Å². The Balaban J connectivity index is 1.44. The van der Waals surface area contributed by atoms with Crippen LogP contribution < -0.4 is 10.6 Å². The summed E-state index contributed by atoms with van der Waals surface area (Å²) in [5, 5.41) is 28.0. The average Bonchev–Trinajstić information content (AvgIpc) is 3.66. The molecule has 6 aromatic rings. The molecule has 0 saturated heterocycles. The maximum Gasteiger partial charge on any atom is 0.249 e. The number of aromatic amines is 1. The van der Waals surface area contributed by atoms with E-state index in [1.807, 2.05) is 42.1 Å². The zero-order valence-electron chi connectivity index (χ0n) is 21.3. The normalized spacial score (nSPS) is 11.8. The van der Waals surface area contributed by atoms with Gasteiger partial charge in [-0.15, -0.1) is 0 Å². The van der Waals surface area contributed by atoms with Crippen LogP contribution in [-0.4, -0.2) is 34.9 Å². The smallest absolute Gasteiger partial charge is 0.249 e. The number of aromatic nitrogens is 7. The van der Waals surface area contributed by atoms with Gasteiger partial charge in [-0.3, -0.25) is 4.98 Å². The van der Waals surface area contributed by atoms with Gasteiger partial charge in [0.05, 0.1) is 45.9 Å². The molecular formula is C28H19ClF2N10. The highest BCUT2D eigenvalue weighted by Gasteiger charge is 2.20. The molecule has 4 aromatic heterocycles. The number of nitriles is 1. The van der Waals surface area contributed by atoms with E-state index in [4.69, 9.17) is 11.6 Å². The van der Waals surface area contributed by atoms with Gasteiger partial charge in [0.2, 0.25) is 5.95 Å². The molecule has 0 aliphatic carbocycles. The van der Waals surface area contributed by atoms with E-state index >= 15 is 0 Å². The first-order chi connectivity index (χ1) is 19.9. The number of hydrogen-bond donors (Lipinski definition) is 3. The van der Waals surface area contributed by atoms with Gasteiger partial charge in [-0.1, -0.05) is 29.8 Å². The fourth-order valence-electron chi connectivity index (χ4n) is 4.54. The van der Waals surface area contributed by atoms with Crippen molar-refractivity contribution in [3.63, 3.8) is 0 Å². The zero-order chi connectivity index (χ0) is 28.5. The number of nitrogens with one attached hydrogen (secondary N) is 3. The van der Waals surface area contributed by atoms with Crippen molar-refractivity contribution < 1.29 is 8.78 Å². The van der Waals surface area contributed by atoms with E-state index in [-0.39, 0.29) is 11.3 Å². The number of imidazole rings is 1. The highest BCUT2D eigenvalue weighted by atomic mass is 35.5. The molecule has 0 radical (unpaired) electrons. The Labute approximate surface area is 236 Å². The summed E-state index contributed by atoms with van der Waals surface area (Å²) in [4.78, 5) is 12.2. The van der Waals surface area contributed by atoms with Crippen LogP contribution in [0.15, 0.2) is 73.4 Å². The number of aryl methyl sites for hydroxylation is 1. The molecular weight excluding hydrogens is 550 g/mol. The van der Waals surface area contributed by atoms with Gasteiger partial charge >= 0.3 is 0 Å². The Kier molecular flexibility index (Phi) is 6.70. The van der Waals surface area contributed by atoms with Crippen LogP contribution in [0.5, 0.6) is 0 Å². The minimum Gasteiger partial charge on any atom is -0.373 e. The largest absolute Gasteiger partial charge is 0.373 e. The average molecular weight is 569 g/mol. The van der Waals surface area contributed by atoms with Crippen LogP contribution in [-0.2, 0) is 7.05 Å². The molecule has 0 unspecified atom stereocenters. The molecule has 3 N–H and O–H groups in total. The molecule has 6 rings (SSSR count). The van der Waals surface area contributed by atoms with Gasteiger partial charge in [0.15, 0.2) is 5.82 Å². The van der Waals surface area contributed by atoms with E-state index in [0.717, 1.165) is 29.2 Å². The Morgan fingerprint density at radius 3 is 2.66 bits per heavy atom. The predicted octanol–water partition coefficient (Wildman–Crippen LogP) is 5.90. The SMILES string of the molecule is Cn1ccnc1-c1cccc([C@H](Nc2cc(Cl)c3ncc(C#N)c(Nc4cnc(F)c(F)c4)c3c2)c2cn[nH]n2)c1. The van der Waals surface area contributed by atoms with Crippen LogP contribution in [0, 0.1) is 23.1 Å². The number of nitrogens with zero attached hydrogens (tertiary/aromatic N) is 7. The Hall–Kier alpha value is -5.41. The lowest BCUT2D eigenvalue weighted by atomic mass is 10.0. The quantitative estimate of drug-likeness (QED) is 0.203. The van der Waals surface area contributed by atoms with Crippen LogP contribution in [0.2, 0.25) is 5.02 Å². The molecule has 41 heavy (non-hydrogen) atoms. The third-order valence-electron chi connectivity index (χ3n) is 6.45. The maximum atomic E-state index is 13.9. The van der Waals surface area contributed by atoms with E-state index in [0.29, 0.717) is 33.0 Å². The fourth-order valence-corrected chi connectivity index (χ4v) is 4.81. The number of halogens is 3. The second kappa shape index (κ2) is 10.6. The number of pyridine rings is 2. The maximum absolute atomic E-state index is 13.9. The molecule has 13 heteroatoms. The molecule has 0 amide bonds. The minimum absolute atomic E-state index is 0.147. The van der Waals surface area contributed by atoms with Gasteiger partial charge in [-0.05, 0) is 23.8 Å². The Morgan fingerprint density at radius 1 is 1.05 bits per heavy atom. The van der Waals surface area contributed by atoms with E-state index in [2.05, 4.69) is 47.1 Å². The van der Waals surface area contributed by atoms with Crippen LogP contribution >= 0.6 is 11.6 Å². The van der Waals surface area contributed by atoms with Crippen molar-refractivity contribution in [3.8, 4) is 17.5 Å². The first kappa shape index (κ1) is 25.8. The van der Waals surface area contributed by atoms with Crippen LogP contribution in [0.3, 0.4) is 0 Å². The first-order valence-electron chi connectivity index (χ1n) is 12.2. The highest BCUT2D eigenvalue weighted by molar-refractivity contribution is 6.36. The van der Waals surface area contributed by atoms with Crippen molar-refractivity contribution in [1.82, 2.24) is 34.9 Å². The van der Waals surface area contributed by atoms with Crippen LogP contribution in [0.4, 0.5) is 25.8 Å². The van der Waals surface area contributed by atoms with Crippen molar-refractivity contribution >= 4 is 39.6 Å². The van der Waals surface area contributed by atoms with Gasteiger partial charge < -0.3 is 15.2 Å². The number of fused-ring (bicyclic) bond motifs is 1. The van der Waals surface area contributed by atoms with Crippen molar-refractivity contribution in [2.75, 3.05) is 10.6 Å². The second-order valence-electron chi connectivity index (χ2n) is 9.09. The number of benzene rings is 2. The summed E-state index contributed by atoms with van der Waals surface area (Å²) in [5.41, 5.74) is 4.03. The summed E-state index contributed by atoms with van der Waals surface area (Å²) < 4.78 is 29.2. The monoisotopic (exact) mass is 568 g/mol. The molecule has 1 atom stereocenters. The third-order valence-corrected chi connectivity index (χ3v) is 6.74. The van der Waals surface area contributed by atoms with Crippen molar-refractivity contribution in [3.05, 3.63) is 107 Å². The van der Waals surface area contributed by atoms with Gasteiger partial charge in [-0.2, -0.15) is 25.1 Å². The summed E-state index contributed by atoms with van der Waals surface area (Å²) in [6.45, 7) is 0. The van der Waals surface area contributed by atoms with Gasteiger partial charge in [0, 0.05) is 48.3 Å². The van der Waals surface area contributed by atoms with Crippen molar-refractivity contribution in [2.45, 2.75) is 6.04 Å². The minimum atomic E-state index is -1.23. The topological polar surface area (TPSA) is 133 Å². The third kappa shape index (κ3) is 5.02. The number of H-pyrrole nitrogens is 1. The predicted molar refractivity (Wildman–Crippen MR) is 149 cm³/mol. The Morgan fingerprint density at radius 2 is 1.93 bits per heavy atom. The highest BCUT2D eigenvalue weighted by Crippen LogP contribution is 2.37. The van der Waals surface area contributed by atoms with Crippen molar-refractivity contribution in [2.24, 2.45) is 7.05 Å². The Bertz CT molecular complexity index is 1930. The van der Waals surface area contributed by atoms with Crippen LogP contribution in [0.25, 0.3) is 22.3 Å². The number of rotatable bonds is 7. The van der Waals surface area contributed by atoms with E-state index in [1.54, 1.807) is 24.5 Å². The molecule has 0 bridgehead atoms. The second-order valence-corrected chi connectivity index (χ2v) is 9.50. The molecule has 0 saturated carbocycles. The molecule has 0 spiro atoms. The summed E-state index contributed by atoms with van der Waals surface area (Å²) >= 11 is 6.66. The lowest BCUT2D eigenvalue weighted by molar-refractivity contribution is 0.480. The van der Waals surface area contributed by atoms with Gasteiger partial charge in [-0.25, -0.2) is 14.4 Å². The zero-order valence-corrected chi connectivity index (χ0v) is 22.0. The summed E-state index contributed by atoms with van der Waals surface area (Å²) in [5.74, 6) is -1.55. The van der Waals surface area contributed by atoms with Crippen LogP contribution in [0.1, 0.15) is 22.9 Å². The summed E-state index contributed by atoms with van der Waals surface area (Å²) in [7, 11) is 1.92. The van der Waals surface area contributed by atoms with Gasteiger partial charge in [0.25, 0.3) is 0 Å². The number of anilines is 3. The molecule has 202 valence electrons. The van der Waals surface area contributed by atoms with E-state index < -0.39 is 17.8 Å². The lowest BCUT2D eigenvalue weighted by Crippen LogP contribution is -2.13. The summed E-state index contributed by atoms with van der Waals surface area (Å²) in [6, 6.07) is 13.9. The summed E-state index contributed by atoms with van der Waals surface area (Å²) in [6.07, 6.45) is 7.71. The fraction of sp³-hybridized carbons (Fsp3) is 0.0714. The molecule has 4 heterocycles. The first-order valence-corrected chi connectivity index (χ1v) is 12.6. The molecule has 0 aliphatic rings. The molecule has 0 aliphatic heterocycles. The number of hydrogen-bond acceptors (Lipinski definition) is 8. The van der Waals surface area contributed by atoms with E-state index in [1.165, 1.54) is 6.20 Å².